The lowest BCUT2D eigenvalue weighted by Gasteiger charge is -2.53. The summed E-state index contributed by atoms with van der Waals surface area (Å²) in [5.41, 5.74) is 27.6. The monoisotopic (exact) mass is 1540 g/mol. The van der Waals surface area contributed by atoms with Gasteiger partial charge >= 0.3 is 0 Å². The van der Waals surface area contributed by atoms with Crippen LogP contribution in [0.2, 0.25) is 5.82 Å². The number of allylic oxidation sites excluding steroid dienone is 1. The Kier molecular flexibility index (Phi) is 34.6. The first-order chi connectivity index (χ1) is 59.3. The molecular weight excluding hydrogens is 1450 g/mol. The fourth-order valence-electron chi connectivity index (χ4n) is 20.4. The van der Waals surface area contributed by atoms with E-state index in [9.17, 15) is 0 Å². The van der Waals surface area contributed by atoms with E-state index in [1.165, 1.54) is 49.8 Å². The van der Waals surface area contributed by atoms with Gasteiger partial charge in [0.05, 0.1) is 191 Å². The molecule has 124 heavy (non-hydrogen) atoms. The largest absolute Gasteiger partial charge is 0.139 e. The topological polar surface area (TPSA) is 0 Å². The van der Waals surface area contributed by atoms with Crippen molar-refractivity contribution in [3.05, 3.63) is 111 Å². The van der Waals surface area contributed by atoms with Gasteiger partial charge in [0.15, 0.2) is 0 Å². The fraction of sp³-hybridized carbons (Fsp3) is 0.152. The van der Waals surface area contributed by atoms with Crippen molar-refractivity contribution in [2.24, 2.45) is 0 Å². The first-order valence-electron chi connectivity index (χ1n) is 43.5. The van der Waals surface area contributed by atoms with Gasteiger partial charge in [0.1, 0.15) is 21.5 Å². The van der Waals surface area contributed by atoms with E-state index in [-0.39, 0.29) is 31.1 Å². The normalized spacial score (nSPS) is 10.9. The molecular formula is C92H82B32. The van der Waals surface area contributed by atoms with Gasteiger partial charge in [0.2, 0.25) is 0 Å². The van der Waals surface area contributed by atoms with Crippen molar-refractivity contribution in [1.29, 1.82) is 0 Å². The number of hydrogen-bond acceptors (Lipinski definition) is 0. The second kappa shape index (κ2) is 44.0. The summed E-state index contributed by atoms with van der Waals surface area (Å²) in [7, 11) is 47.9. The van der Waals surface area contributed by atoms with Crippen molar-refractivity contribution in [3.8, 4) is 273 Å². The minimum Gasteiger partial charge on any atom is -0.132 e. The Balaban J connectivity index is 2.14. The predicted molar refractivity (Wildman–Crippen MR) is 619 cm³/mol. The van der Waals surface area contributed by atoms with E-state index in [1.807, 2.05) is 6.92 Å². The Hall–Kier alpha value is -11.8. The van der Waals surface area contributed by atoms with Crippen molar-refractivity contribution in [2.45, 2.75) is 94.7 Å². The molecule has 2 atom stereocenters. The van der Waals surface area contributed by atoms with E-state index < -0.39 is 0 Å². The molecule has 0 aromatic heterocycles. The molecule has 0 aliphatic heterocycles. The minimum atomic E-state index is 0.0543. The van der Waals surface area contributed by atoms with Crippen molar-refractivity contribution in [1.82, 2.24) is 0 Å². The van der Waals surface area contributed by atoms with Gasteiger partial charge in [0.25, 0.3) is 0 Å². The maximum Gasteiger partial charge on any atom is 0.139 e. The van der Waals surface area contributed by atoms with Gasteiger partial charge in [-0.3, -0.25) is 0 Å². The van der Waals surface area contributed by atoms with Crippen molar-refractivity contribution >= 4 is 296 Å². The predicted octanol–water partition coefficient (Wildman–Crippen LogP) is -10.9. The van der Waals surface area contributed by atoms with Crippen LogP contribution < -0.4 is 16.4 Å². The molecule has 2 unspecified atom stereocenters. The summed E-state index contributed by atoms with van der Waals surface area (Å²) in [4.78, 5) is 0. The van der Waals surface area contributed by atoms with Gasteiger partial charge in [0, 0.05) is 90.7 Å². The molecule has 0 saturated heterocycles. The Morgan fingerprint density at radius 3 is 1.15 bits per heavy atom. The molecule has 8 rings (SSSR count). The zero-order valence-electron chi connectivity index (χ0n) is 79.0. The number of benzene rings is 7. The number of aryl methyl sites for hydroxylation is 5. The molecule has 0 fully saturated rings. The maximum atomic E-state index is 7.00. The SMILES string of the molecule is BBB(B)B(B(B)B)C1=C(B(B(B)B)B(B)B)C(B(BB)B(B)B)C(B(B)B(B)B)c2c1c(B)c(BB)c(B(B)B)c2-c1c(C)c(C)c(C)c2c(-c3c(C#CC#CC#CC#CC#C)c4c(C)c(C#C)c(C#CC)c(C#CC#C)c4c4c(C#CC#CC)c(C#CC#CC#C)c(C#CC#CC#CC)c(C#CC#CC#CC#C)c34)c3c(C)c(C)c(C)c(C)c3c(C)c12. The molecule has 7 aromatic carbocycles. The second-order valence-electron chi connectivity index (χ2n) is 34.5. The number of fused-ring (bicyclic) bond motifs is 6. The number of hydrogen-bond donors (Lipinski definition) is 0. The van der Waals surface area contributed by atoms with Crippen LogP contribution in [-0.4, -0.2) is 231 Å². The maximum absolute atomic E-state index is 7.00. The summed E-state index contributed by atoms with van der Waals surface area (Å²) < 4.78 is 0. The van der Waals surface area contributed by atoms with Crippen LogP contribution in [0.1, 0.15) is 132 Å². The summed E-state index contributed by atoms with van der Waals surface area (Å²) in [6.45, 7) is 26.9. The van der Waals surface area contributed by atoms with Crippen LogP contribution in [0.5, 0.6) is 0 Å². The number of rotatable bonds is 16. The Bertz CT molecular complexity index is 7200. The molecule has 0 spiro atoms. The third-order valence-electron chi connectivity index (χ3n) is 26.2. The van der Waals surface area contributed by atoms with E-state index in [2.05, 4.69) is 414 Å². The third-order valence-corrected chi connectivity index (χ3v) is 26.2. The van der Waals surface area contributed by atoms with E-state index in [1.54, 1.807) is 31.7 Å². The quantitative estimate of drug-likeness (QED) is 0.0391. The Labute approximate surface area is 769 Å². The zero-order valence-corrected chi connectivity index (χ0v) is 79.0. The average Bonchev–Trinajstić information content (AvgIpc) is 0.677. The van der Waals surface area contributed by atoms with Gasteiger partial charge in [-0.1, -0.05) is 81.8 Å². The highest BCUT2D eigenvalue weighted by Gasteiger charge is 2.52. The van der Waals surface area contributed by atoms with E-state index in [0.717, 1.165) is 81.8 Å². The molecule has 546 valence electrons. The first-order valence-corrected chi connectivity index (χ1v) is 43.5. The lowest BCUT2D eigenvalue weighted by atomic mass is 8.66. The van der Waals surface area contributed by atoms with Crippen molar-refractivity contribution < 1.29 is 0 Å². The highest BCUT2D eigenvalue weighted by molar-refractivity contribution is 7.89. The zero-order chi connectivity index (χ0) is 91.6. The van der Waals surface area contributed by atoms with Crippen molar-refractivity contribution in [2.75, 3.05) is 0 Å². The van der Waals surface area contributed by atoms with Gasteiger partial charge in [-0.25, -0.2) is 0 Å². The van der Waals surface area contributed by atoms with E-state index >= 15 is 0 Å². The second-order valence-corrected chi connectivity index (χ2v) is 34.5. The van der Waals surface area contributed by atoms with Crippen LogP contribution in [0.25, 0.3) is 70.8 Å². The molecule has 0 amide bonds. The standard InChI is InChI=1S/C92H82B32/c1-18-26-32-36-38-39-42-47-54-71-73-62(16)64(25-8)65(48-24-7)68(49-31-23-6)78(73)79-69(52-43-30-22-5)66(50-44-35-29-21-4)67(51-45-40-34-28-20-3)70(53-46-41-37-33-27-19-2)80(79)81(71)82-74-59(13)56(10)55(9)58(12)72(74)63(17)77-75(82)60(14)57(11)61(15)76(77)83-84-85(86(93)87(111-94)88(83)114(97)98)90(118(123(108)109)124(110)113-96)92(117(121(104)105)122(106)107)91(116(112-95)120(102)103)89(84)115(99)119(100)101/h1-2,4,6,8,89,91,111-113H,93-110H2,3,5,7,9-17H3. The summed E-state index contributed by atoms with van der Waals surface area (Å²) in [5, 5.41) is 6.44. The first kappa shape index (κ1) is 97.6. The molecule has 1 aliphatic rings. The molecule has 0 N–H and O–H groups in total. The van der Waals surface area contributed by atoms with Crippen LogP contribution >= 0.6 is 0 Å². The summed E-state index contributed by atoms with van der Waals surface area (Å²) in [6.07, 6.45) is 32.6. The molecule has 7 aromatic rings. The molecule has 0 saturated carbocycles. The smallest absolute Gasteiger partial charge is 0.132 e. The Morgan fingerprint density at radius 2 is 0.710 bits per heavy atom. The molecule has 0 radical (unpaired) electrons. The van der Waals surface area contributed by atoms with Gasteiger partial charge < -0.3 is 0 Å². The summed E-state index contributed by atoms with van der Waals surface area (Å²) in [5.74, 6) is 113. The molecule has 0 bridgehead atoms. The third kappa shape index (κ3) is 19.0. The molecule has 32 heteroatoms. The Morgan fingerprint density at radius 1 is 0.306 bits per heavy atom. The van der Waals surface area contributed by atoms with Crippen LogP contribution in [0, 0.1) is 313 Å². The molecule has 0 nitrogen and oxygen atoms in total. The van der Waals surface area contributed by atoms with Gasteiger partial charge in [-0.05, 0) is 336 Å². The van der Waals surface area contributed by atoms with Crippen LogP contribution in [0.3, 0.4) is 0 Å². The lowest BCUT2D eigenvalue weighted by Crippen LogP contribution is -2.65. The fourth-order valence-corrected chi connectivity index (χ4v) is 20.4. The van der Waals surface area contributed by atoms with Crippen LogP contribution in [-0.2, 0) is 0 Å². The summed E-state index contributed by atoms with van der Waals surface area (Å²) in [6, 6.07) is 0. The van der Waals surface area contributed by atoms with E-state index in [4.69, 9.17) is 32.1 Å². The minimum absolute atomic E-state index is 0.0543. The molecule has 0 heterocycles. The van der Waals surface area contributed by atoms with Gasteiger partial charge in [-0.15, -0.1) is 54.4 Å². The highest BCUT2D eigenvalue weighted by atomic mass is 14.4. The van der Waals surface area contributed by atoms with Crippen molar-refractivity contribution in [3.63, 3.8) is 0 Å². The molecule has 1 aliphatic carbocycles. The van der Waals surface area contributed by atoms with Crippen LogP contribution in [0.4, 0.5) is 0 Å². The van der Waals surface area contributed by atoms with Gasteiger partial charge in [-0.2, -0.15) is 0 Å². The number of terminal acetylenes is 5. The van der Waals surface area contributed by atoms with Crippen LogP contribution in [0.15, 0.2) is 5.47 Å². The average molecular weight is 1530 g/mol. The van der Waals surface area contributed by atoms with E-state index in [0.29, 0.717) is 128 Å². The highest BCUT2D eigenvalue weighted by Crippen LogP contribution is 2.58. The lowest BCUT2D eigenvalue weighted by molar-refractivity contribution is 0.907. The summed E-state index contributed by atoms with van der Waals surface area (Å²) >= 11 is 0.